The number of rotatable bonds is 5. The lowest BCUT2D eigenvalue weighted by Gasteiger charge is -2.06. The summed E-state index contributed by atoms with van der Waals surface area (Å²) in [6.07, 6.45) is 3.12. The molecule has 0 bridgehead atoms. The van der Waals surface area contributed by atoms with Crippen LogP contribution in [0.3, 0.4) is 0 Å². The number of hydrogen-bond donors (Lipinski definition) is 1. The molecule has 0 radical (unpaired) electrons. The number of carbonyl (C=O) groups excluding carboxylic acids is 1. The van der Waals surface area contributed by atoms with E-state index in [0.717, 1.165) is 5.56 Å². The van der Waals surface area contributed by atoms with E-state index in [1.165, 1.54) is 13.2 Å². The van der Waals surface area contributed by atoms with E-state index in [2.05, 4.69) is 31.9 Å². The largest absolute Gasteiger partial charge is 0.503 e. The van der Waals surface area contributed by atoms with Gasteiger partial charge in [0.05, 0.1) is 23.2 Å². The molecule has 0 saturated carbocycles. The quantitative estimate of drug-likeness (QED) is 0.533. The molecule has 0 heterocycles. The topological polar surface area (TPSA) is 55.8 Å². The fourth-order valence-electron chi connectivity index (χ4n) is 1.93. The van der Waals surface area contributed by atoms with Crippen LogP contribution in [0.25, 0.3) is 6.08 Å². The number of phenols is 1. The van der Waals surface area contributed by atoms with Crippen LogP contribution in [0, 0.1) is 0 Å². The zero-order chi connectivity index (χ0) is 17.0. The van der Waals surface area contributed by atoms with Gasteiger partial charge in [0.25, 0.3) is 0 Å². The Balaban J connectivity index is 2.24. The normalized spacial score (nSPS) is 10.8. The molecule has 2 rings (SSSR count). The molecule has 0 saturated heterocycles. The van der Waals surface area contributed by atoms with Crippen LogP contribution in [0.5, 0.6) is 17.2 Å². The van der Waals surface area contributed by atoms with Gasteiger partial charge in [-0.05, 0) is 73.8 Å². The number of halogens is 2. The molecule has 4 nitrogen and oxygen atoms in total. The van der Waals surface area contributed by atoms with E-state index in [4.69, 9.17) is 9.47 Å². The van der Waals surface area contributed by atoms with Gasteiger partial charge in [0.1, 0.15) is 5.75 Å². The Morgan fingerprint density at radius 2 is 1.74 bits per heavy atom. The van der Waals surface area contributed by atoms with Crippen LogP contribution in [0.2, 0.25) is 0 Å². The third-order valence-corrected chi connectivity index (χ3v) is 4.36. The van der Waals surface area contributed by atoms with E-state index in [0.29, 0.717) is 26.0 Å². The minimum Gasteiger partial charge on any atom is -0.503 e. The Hall–Kier alpha value is -1.79. The first-order chi connectivity index (χ1) is 11.0. The van der Waals surface area contributed by atoms with Gasteiger partial charge in [-0.1, -0.05) is 6.08 Å². The number of allylic oxidation sites excluding steroid dienone is 1. The maximum atomic E-state index is 12.2. The molecule has 0 unspecified atom stereocenters. The molecule has 23 heavy (non-hydrogen) atoms. The molecule has 0 fully saturated rings. The minimum atomic E-state index is -0.142. The van der Waals surface area contributed by atoms with Crippen LogP contribution in [0.1, 0.15) is 15.9 Å². The zero-order valence-electron chi connectivity index (χ0n) is 12.5. The molecule has 0 aromatic heterocycles. The second kappa shape index (κ2) is 7.66. The summed E-state index contributed by atoms with van der Waals surface area (Å²) >= 11 is 6.60. The summed E-state index contributed by atoms with van der Waals surface area (Å²) in [6.45, 7) is 0. The number of benzene rings is 2. The van der Waals surface area contributed by atoms with Gasteiger partial charge in [0.2, 0.25) is 0 Å². The number of phenolic OH excluding ortho intramolecular Hbond substituents is 1. The molecule has 2 aromatic rings. The highest BCUT2D eigenvalue weighted by molar-refractivity contribution is 9.10. The fourth-order valence-corrected chi connectivity index (χ4v) is 2.93. The van der Waals surface area contributed by atoms with Crippen molar-refractivity contribution in [1.29, 1.82) is 0 Å². The van der Waals surface area contributed by atoms with Gasteiger partial charge in [-0.25, -0.2) is 0 Å². The zero-order valence-corrected chi connectivity index (χ0v) is 15.6. The molecule has 0 aliphatic carbocycles. The first kappa shape index (κ1) is 17.6. The van der Waals surface area contributed by atoms with Gasteiger partial charge in [0.15, 0.2) is 17.3 Å². The van der Waals surface area contributed by atoms with E-state index in [-0.39, 0.29) is 11.5 Å². The van der Waals surface area contributed by atoms with Crippen LogP contribution in [0.15, 0.2) is 45.4 Å². The average Bonchev–Trinajstić information content (AvgIpc) is 2.55. The Labute approximate surface area is 151 Å². The Morgan fingerprint density at radius 1 is 1.04 bits per heavy atom. The number of carbonyl (C=O) groups is 1. The second-order valence-corrected chi connectivity index (χ2v) is 6.31. The fraction of sp³-hybridized carbons (Fsp3) is 0.118. The summed E-state index contributed by atoms with van der Waals surface area (Å²) in [4.78, 5) is 12.2. The first-order valence-corrected chi connectivity index (χ1v) is 8.17. The highest BCUT2D eigenvalue weighted by atomic mass is 79.9. The molecule has 0 aliphatic heterocycles. The van der Waals surface area contributed by atoms with Crippen molar-refractivity contribution in [3.63, 3.8) is 0 Å². The van der Waals surface area contributed by atoms with E-state index in [1.807, 2.05) is 0 Å². The number of hydrogen-bond acceptors (Lipinski definition) is 4. The van der Waals surface area contributed by atoms with Crippen molar-refractivity contribution < 1.29 is 19.4 Å². The van der Waals surface area contributed by atoms with Crippen molar-refractivity contribution in [3.8, 4) is 17.2 Å². The number of aromatic hydroxyl groups is 1. The van der Waals surface area contributed by atoms with Crippen molar-refractivity contribution in [3.05, 3.63) is 56.5 Å². The summed E-state index contributed by atoms with van der Waals surface area (Å²) in [6, 6.07) is 8.48. The molecule has 1 N–H and O–H groups in total. The summed E-state index contributed by atoms with van der Waals surface area (Å²) in [5.41, 5.74) is 1.27. The van der Waals surface area contributed by atoms with Gasteiger partial charge in [0, 0.05) is 5.56 Å². The summed E-state index contributed by atoms with van der Waals surface area (Å²) in [7, 11) is 3.03. The van der Waals surface area contributed by atoms with Crippen molar-refractivity contribution in [2.75, 3.05) is 14.2 Å². The van der Waals surface area contributed by atoms with E-state index in [1.54, 1.807) is 43.5 Å². The van der Waals surface area contributed by atoms with Gasteiger partial charge in [-0.2, -0.15) is 0 Å². The van der Waals surface area contributed by atoms with E-state index in [9.17, 15) is 9.90 Å². The van der Waals surface area contributed by atoms with E-state index < -0.39 is 0 Å². The number of methoxy groups -OCH3 is 2. The molecule has 0 spiro atoms. The van der Waals surface area contributed by atoms with Crippen molar-refractivity contribution in [2.45, 2.75) is 0 Å². The molecule has 0 atom stereocenters. The molecule has 120 valence electrons. The first-order valence-electron chi connectivity index (χ1n) is 6.58. The lowest BCUT2D eigenvalue weighted by atomic mass is 10.1. The van der Waals surface area contributed by atoms with Crippen LogP contribution in [-0.2, 0) is 0 Å². The Morgan fingerprint density at radius 3 is 2.35 bits per heavy atom. The van der Waals surface area contributed by atoms with Crippen molar-refractivity contribution in [2.24, 2.45) is 0 Å². The molecule has 2 aromatic carbocycles. The van der Waals surface area contributed by atoms with Crippen LogP contribution in [0.4, 0.5) is 0 Å². The average molecular weight is 442 g/mol. The molecular weight excluding hydrogens is 428 g/mol. The predicted octanol–water partition coefficient (Wildman–Crippen LogP) is 4.83. The Kier molecular flexibility index (Phi) is 5.85. The van der Waals surface area contributed by atoms with Gasteiger partial charge < -0.3 is 14.6 Å². The smallest absolute Gasteiger partial charge is 0.185 e. The third-order valence-electron chi connectivity index (χ3n) is 3.13. The monoisotopic (exact) mass is 440 g/mol. The second-order valence-electron chi connectivity index (χ2n) is 4.60. The maximum Gasteiger partial charge on any atom is 0.185 e. The predicted molar refractivity (Wildman–Crippen MR) is 96.4 cm³/mol. The van der Waals surface area contributed by atoms with Crippen LogP contribution < -0.4 is 9.47 Å². The summed E-state index contributed by atoms with van der Waals surface area (Å²) in [5.74, 6) is 0.878. The lowest BCUT2D eigenvalue weighted by molar-refractivity contribution is 0.104. The number of ketones is 1. The van der Waals surface area contributed by atoms with Crippen LogP contribution >= 0.6 is 31.9 Å². The van der Waals surface area contributed by atoms with Crippen molar-refractivity contribution >= 4 is 43.7 Å². The van der Waals surface area contributed by atoms with Crippen molar-refractivity contribution in [1.82, 2.24) is 0 Å². The Bertz CT molecular complexity index is 769. The van der Waals surface area contributed by atoms with Gasteiger partial charge in [-0.15, -0.1) is 0 Å². The molecule has 0 amide bonds. The molecule has 6 heteroatoms. The molecule has 0 aliphatic rings. The van der Waals surface area contributed by atoms with E-state index >= 15 is 0 Å². The summed E-state index contributed by atoms with van der Waals surface area (Å²) < 4.78 is 11.4. The molecular formula is C17H14Br2O4. The van der Waals surface area contributed by atoms with Gasteiger partial charge in [-0.3, -0.25) is 4.79 Å². The highest BCUT2D eigenvalue weighted by Crippen LogP contribution is 2.35. The highest BCUT2D eigenvalue weighted by Gasteiger charge is 2.09. The minimum absolute atomic E-state index is 0.0232. The van der Waals surface area contributed by atoms with Crippen LogP contribution in [-0.4, -0.2) is 25.1 Å². The SMILES string of the molecule is COc1ccc(C(=O)/C=C/c2cc(Br)c(O)c(OC)c2)cc1Br. The third kappa shape index (κ3) is 4.14. The van der Waals surface area contributed by atoms with Gasteiger partial charge >= 0.3 is 0 Å². The standard InChI is InChI=1S/C17H14Br2O4/c1-22-15-6-4-11(9-12(15)18)14(20)5-3-10-7-13(19)17(21)16(8-10)23-2/h3-9,21H,1-2H3/b5-3+. The maximum absolute atomic E-state index is 12.2. The lowest BCUT2D eigenvalue weighted by Crippen LogP contribution is -1.95. The summed E-state index contributed by atoms with van der Waals surface area (Å²) in [5, 5.41) is 9.78. The number of ether oxygens (including phenoxy) is 2.